The van der Waals surface area contributed by atoms with E-state index in [4.69, 9.17) is 4.42 Å². The maximum Gasteiger partial charge on any atom is 0.135 e. The van der Waals surface area contributed by atoms with Crippen molar-refractivity contribution in [2.75, 3.05) is 0 Å². The lowest BCUT2D eigenvalue weighted by molar-refractivity contribution is 0.669. The predicted octanol–water partition coefficient (Wildman–Crippen LogP) is 16.2. The van der Waals surface area contributed by atoms with Gasteiger partial charge in [0.15, 0.2) is 0 Å². The van der Waals surface area contributed by atoms with Gasteiger partial charge in [0.25, 0.3) is 0 Å². The van der Waals surface area contributed by atoms with Crippen molar-refractivity contribution in [2.45, 2.75) is 0 Å². The van der Waals surface area contributed by atoms with E-state index in [0.29, 0.717) is 0 Å². The SMILES string of the molecule is c1ccc(-n2c3ccccc3c3cc(-n4c5ccccc5c5c(-c6c(-c7ccc8oc9ccccc9c8c7)ccc7c8ccccc8n(-c8ccccc8)c67)cccc54)ccc32)cc1. The smallest absolute Gasteiger partial charge is 0.135 e. The van der Waals surface area contributed by atoms with E-state index in [2.05, 4.69) is 232 Å². The van der Waals surface area contributed by atoms with Crippen LogP contribution in [0.15, 0.2) is 229 Å². The number of benzene rings is 10. The van der Waals surface area contributed by atoms with Crippen molar-refractivity contribution in [3.05, 3.63) is 224 Å². The summed E-state index contributed by atoms with van der Waals surface area (Å²) in [5, 5.41) is 9.56. The molecule has 0 saturated heterocycles. The van der Waals surface area contributed by atoms with Gasteiger partial charge in [-0.3, -0.25) is 0 Å². The molecule has 4 aromatic heterocycles. The summed E-state index contributed by atoms with van der Waals surface area (Å²) in [5.41, 5.74) is 16.9. The molecule has 4 heterocycles. The maximum absolute atomic E-state index is 6.36. The van der Waals surface area contributed by atoms with Gasteiger partial charge in [-0.2, -0.15) is 0 Å². The summed E-state index contributed by atoms with van der Waals surface area (Å²) in [6.45, 7) is 0. The van der Waals surface area contributed by atoms with Crippen molar-refractivity contribution in [3.8, 4) is 39.3 Å². The molecule has 0 radical (unpaired) electrons. The van der Waals surface area contributed by atoms with E-state index in [0.717, 1.165) is 50.1 Å². The molecule has 0 spiro atoms. The Labute approximate surface area is 367 Å². The summed E-state index contributed by atoms with van der Waals surface area (Å²) in [5.74, 6) is 0. The molecule has 0 atom stereocenters. The van der Waals surface area contributed by atoms with Gasteiger partial charge in [0.05, 0.1) is 33.1 Å². The van der Waals surface area contributed by atoms with Crippen LogP contribution in [0.4, 0.5) is 0 Å². The van der Waals surface area contributed by atoms with E-state index < -0.39 is 0 Å². The summed E-state index contributed by atoms with van der Waals surface area (Å²) in [7, 11) is 0. The molecule has 0 aliphatic heterocycles. The summed E-state index contributed by atoms with van der Waals surface area (Å²) in [4.78, 5) is 0. The Morgan fingerprint density at radius 2 is 0.844 bits per heavy atom. The second-order valence-electron chi connectivity index (χ2n) is 16.8. The molecular weight excluding hydrogens is 779 g/mol. The van der Waals surface area contributed by atoms with Crippen molar-refractivity contribution in [1.82, 2.24) is 13.7 Å². The Kier molecular flexibility index (Phi) is 7.36. The lowest BCUT2D eigenvalue weighted by Gasteiger charge is -2.17. The summed E-state index contributed by atoms with van der Waals surface area (Å²) >= 11 is 0. The molecule has 4 heteroatoms. The van der Waals surface area contributed by atoms with Crippen molar-refractivity contribution in [2.24, 2.45) is 0 Å². The summed E-state index contributed by atoms with van der Waals surface area (Å²) in [6.07, 6.45) is 0. The number of furan rings is 1. The van der Waals surface area contributed by atoms with Crippen LogP contribution in [0, 0.1) is 0 Å². The second-order valence-corrected chi connectivity index (χ2v) is 16.8. The number of hydrogen-bond acceptors (Lipinski definition) is 1. The molecule has 0 aliphatic carbocycles. The first-order valence-corrected chi connectivity index (χ1v) is 21.9. The van der Waals surface area contributed by atoms with E-state index in [-0.39, 0.29) is 0 Å². The third kappa shape index (κ3) is 4.93. The third-order valence-electron chi connectivity index (χ3n) is 13.4. The van der Waals surface area contributed by atoms with Gasteiger partial charge in [0.1, 0.15) is 11.2 Å². The maximum atomic E-state index is 6.36. The number of fused-ring (bicyclic) bond motifs is 12. The van der Waals surface area contributed by atoms with Crippen molar-refractivity contribution in [3.63, 3.8) is 0 Å². The molecule has 64 heavy (non-hydrogen) atoms. The largest absolute Gasteiger partial charge is 0.456 e. The first-order valence-electron chi connectivity index (χ1n) is 21.9. The average Bonchev–Trinajstić information content (AvgIpc) is 4.10. The fourth-order valence-corrected chi connectivity index (χ4v) is 10.8. The zero-order chi connectivity index (χ0) is 41.9. The minimum atomic E-state index is 0.889. The monoisotopic (exact) mass is 815 g/mol. The van der Waals surface area contributed by atoms with Gasteiger partial charge in [-0.1, -0.05) is 140 Å². The van der Waals surface area contributed by atoms with Gasteiger partial charge < -0.3 is 18.1 Å². The molecule has 0 unspecified atom stereocenters. The zero-order valence-electron chi connectivity index (χ0n) is 34.6. The van der Waals surface area contributed by atoms with Crippen molar-refractivity contribution in [1.29, 1.82) is 0 Å². The number of aromatic nitrogens is 3. The van der Waals surface area contributed by atoms with E-state index >= 15 is 0 Å². The van der Waals surface area contributed by atoms with Crippen LogP contribution in [-0.2, 0) is 0 Å². The van der Waals surface area contributed by atoms with Crippen molar-refractivity contribution < 1.29 is 4.42 Å². The molecule has 10 aromatic carbocycles. The third-order valence-corrected chi connectivity index (χ3v) is 13.4. The molecule has 14 aromatic rings. The summed E-state index contributed by atoms with van der Waals surface area (Å²) < 4.78 is 13.7. The first-order chi connectivity index (χ1) is 31.8. The van der Waals surface area contributed by atoms with Gasteiger partial charge in [-0.15, -0.1) is 0 Å². The fraction of sp³-hybridized carbons (Fsp3) is 0. The van der Waals surface area contributed by atoms with Crippen LogP contribution in [0.3, 0.4) is 0 Å². The highest BCUT2D eigenvalue weighted by molar-refractivity contribution is 6.23. The van der Waals surface area contributed by atoms with Crippen LogP contribution in [0.1, 0.15) is 0 Å². The Morgan fingerprint density at radius 1 is 0.281 bits per heavy atom. The van der Waals surface area contributed by atoms with Crippen LogP contribution in [-0.4, -0.2) is 13.7 Å². The van der Waals surface area contributed by atoms with Gasteiger partial charge in [-0.05, 0) is 102 Å². The number of rotatable bonds is 5. The molecule has 298 valence electrons. The van der Waals surface area contributed by atoms with Gasteiger partial charge in [0, 0.05) is 65.7 Å². The predicted molar refractivity (Wildman–Crippen MR) is 268 cm³/mol. The number of hydrogen-bond donors (Lipinski definition) is 0. The van der Waals surface area contributed by atoms with Gasteiger partial charge in [-0.25, -0.2) is 0 Å². The van der Waals surface area contributed by atoms with Crippen LogP contribution in [0.2, 0.25) is 0 Å². The number of para-hydroxylation sites is 6. The van der Waals surface area contributed by atoms with Gasteiger partial charge in [0.2, 0.25) is 0 Å². The highest BCUT2D eigenvalue weighted by Crippen LogP contribution is 2.48. The first kappa shape index (κ1) is 35.0. The normalized spacial score (nSPS) is 12.1. The highest BCUT2D eigenvalue weighted by Gasteiger charge is 2.25. The molecule has 0 saturated carbocycles. The topological polar surface area (TPSA) is 27.9 Å². The molecule has 0 bridgehead atoms. The molecule has 0 aliphatic rings. The van der Waals surface area contributed by atoms with Crippen LogP contribution in [0.25, 0.3) is 127 Å². The van der Waals surface area contributed by atoms with Crippen LogP contribution < -0.4 is 0 Å². The highest BCUT2D eigenvalue weighted by atomic mass is 16.3. The Morgan fingerprint density at radius 3 is 1.61 bits per heavy atom. The minimum absolute atomic E-state index is 0.889. The van der Waals surface area contributed by atoms with Crippen molar-refractivity contribution >= 4 is 87.4 Å². The van der Waals surface area contributed by atoms with E-state index in [1.807, 2.05) is 6.07 Å². The standard InChI is InChI=1S/C60H37N3O/c1-3-16-39(17-4-1)61-51-25-11-8-21-44(51)49-37-41(31-34-54(49)61)62-53-27-13-9-23-47(53)58-48(24-15-28-55(58)62)59-42(38-30-35-57-50(36-38)45-22-10-14-29-56(45)64-57)32-33-46-43-20-7-12-26-52(43)63(60(46)59)40-18-5-2-6-19-40/h1-37H. The fourth-order valence-electron chi connectivity index (χ4n) is 10.8. The lowest BCUT2D eigenvalue weighted by atomic mass is 9.89. The molecule has 0 fully saturated rings. The van der Waals surface area contributed by atoms with E-state index in [1.54, 1.807) is 0 Å². The zero-order valence-corrected chi connectivity index (χ0v) is 34.6. The van der Waals surface area contributed by atoms with Crippen LogP contribution >= 0.6 is 0 Å². The second kappa shape index (κ2) is 13.4. The summed E-state index contributed by atoms with van der Waals surface area (Å²) in [6, 6.07) is 81.6. The molecule has 0 N–H and O–H groups in total. The minimum Gasteiger partial charge on any atom is -0.456 e. The average molecular weight is 816 g/mol. The Bertz CT molecular complexity index is 4180. The Balaban J connectivity index is 1.10. The van der Waals surface area contributed by atoms with E-state index in [9.17, 15) is 0 Å². The Hall–Kier alpha value is -8.60. The molecular formula is C60H37N3O. The van der Waals surface area contributed by atoms with Crippen LogP contribution in [0.5, 0.6) is 0 Å². The quantitative estimate of drug-likeness (QED) is 0.170. The molecule has 14 rings (SSSR count). The van der Waals surface area contributed by atoms with E-state index in [1.165, 1.54) is 76.6 Å². The van der Waals surface area contributed by atoms with Gasteiger partial charge >= 0.3 is 0 Å². The molecule has 4 nitrogen and oxygen atoms in total. The molecule has 0 amide bonds. The number of nitrogens with zero attached hydrogens (tertiary/aromatic N) is 3. The lowest BCUT2D eigenvalue weighted by Crippen LogP contribution is -1.98.